The van der Waals surface area contributed by atoms with Crippen molar-refractivity contribution < 1.29 is 29.2 Å². The standard InChI is InChI=1S/C22H24O6/c1-12(2)5-7-14-16(23)10-18-19(20(14)26-4)21-22(24,11-27-18)15-8-6-13(25-3)9-17(15)28-21/h5-6,8-10,21,23-24H,7,11H2,1-4H3/t21-,22+/m0/s1. The molecule has 148 valence electrons. The number of fused-ring (bicyclic) bond motifs is 5. The number of rotatable bonds is 4. The Morgan fingerprint density at radius 1 is 1.21 bits per heavy atom. The quantitative estimate of drug-likeness (QED) is 0.784. The molecular formula is C22H24O6. The second kappa shape index (κ2) is 6.63. The van der Waals surface area contributed by atoms with Crippen LogP contribution in [0.25, 0.3) is 0 Å². The average Bonchev–Trinajstić information content (AvgIpc) is 2.97. The van der Waals surface area contributed by atoms with Crippen LogP contribution in [0.5, 0.6) is 28.7 Å². The number of allylic oxidation sites excluding steroid dienone is 2. The van der Waals surface area contributed by atoms with E-state index in [1.54, 1.807) is 38.5 Å². The maximum absolute atomic E-state index is 11.5. The van der Waals surface area contributed by atoms with Gasteiger partial charge in [0.2, 0.25) is 0 Å². The van der Waals surface area contributed by atoms with Crippen LogP contribution in [0.1, 0.15) is 36.6 Å². The van der Waals surface area contributed by atoms with Crippen molar-refractivity contribution in [2.45, 2.75) is 32.0 Å². The van der Waals surface area contributed by atoms with Gasteiger partial charge in [0.25, 0.3) is 0 Å². The van der Waals surface area contributed by atoms with Crippen LogP contribution in [0, 0.1) is 0 Å². The van der Waals surface area contributed by atoms with E-state index < -0.39 is 11.7 Å². The number of hydrogen-bond donors (Lipinski definition) is 2. The minimum atomic E-state index is -1.35. The number of methoxy groups -OCH3 is 2. The Bertz CT molecular complexity index is 960. The summed E-state index contributed by atoms with van der Waals surface area (Å²) in [4.78, 5) is 0. The summed E-state index contributed by atoms with van der Waals surface area (Å²) in [5.74, 6) is 2.20. The molecule has 0 spiro atoms. The van der Waals surface area contributed by atoms with E-state index >= 15 is 0 Å². The molecule has 0 amide bonds. The maximum atomic E-state index is 11.5. The predicted octanol–water partition coefficient (Wildman–Crippen LogP) is 3.63. The van der Waals surface area contributed by atoms with E-state index in [9.17, 15) is 10.2 Å². The van der Waals surface area contributed by atoms with Crippen LogP contribution in [-0.2, 0) is 12.0 Å². The normalized spacial score (nSPS) is 21.5. The van der Waals surface area contributed by atoms with Gasteiger partial charge in [-0.2, -0.15) is 0 Å². The number of aromatic hydroxyl groups is 1. The molecule has 6 nitrogen and oxygen atoms in total. The molecule has 0 saturated heterocycles. The van der Waals surface area contributed by atoms with Crippen molar-refractivity contribution in [1.82, 2.24) is 0 Å². The first-order chi connectivity index (χ1) is 13.4. The van der Waals surface area contributed by atoms with Crippen LogP contribution in [0.4, 0.5) is 0 Å². The molecule has 2 aromatic carbocycles. The van der Waals surface area contributed by atoms with Gasteiger partial charge in [-0.3, -0.25) is 0 Å². The Balaban J connectivity index is 1.87. The summed E-state index contributed by atoms with van der Waals surface area (Å²) < 4.78 is 22.9. The first kappa shape index (κ1) is 18.5. The summed E-state index contributed by atoms with van der Waals surface area (Å²) in [6.45, 7) is 4.00. The molecule has 6 heteroatoms. The third-order valence-corrected chi connectivity index (χ3v) is 5.32. The molecule has 2 aliphatic heterocycles. The highest BCUT2D eigenvalue weighted by Gasteiger charge is 2.54. The molecule has 28 heavy (non-hydrogen) atoms. The number of hydrogen-bond acceptors (Lipinski definition) is 6. The number of phenolic OH excluding ortho intramolecular Hbond substituents is 1. The molecule has 0 aliphatic carbocycles. The third-order valence-electron chi connectivity index (χ3n) is 5.32. The molecule has 2 aliphatic rings. The Morgan fingerprint density at radius 3 is 2.68 bits per heavy atom. The van der Waals surface area contributed by atoms with Crippen molar-refractivity contribution >= 4 is 0 Å². The van der Waals surface area contributed by atoms with Crippen LogP contribution >= 0.6 is 0 Å². The van der Waals surface area contributed by atoms with E-state index in [-0.39, 0.29) is 12.4 Å². The average molecular weight is 384 g/mol. The lowest BCUT2D eigenvalue weighted by Gasteiger charge is -2.36. The maximum Gasteiger partial charge on any atom is 0.168 e. The molecule has 4 rings (SSSR count). The monoisotopic (exact) mass is 384 g/mol. The van der Waals surface area contributed by atoms with Crippen LogP contribution in [0.2, 0.25) is 0 Å². The zero-order valence-corrected chi connectivity index (χ0v) is 16.4. The molecule has 0 aromatic heterocycles. The molecule has 2 aromatic rings. The zero-order valence-electron chi connectivity index (χ0n) is 16.4. The number of benzene rings is 2. The fraction of sp³-hybridized carbons (Fsp3) is 0.364. The van der Waals surface area contributed by atoms with Gasteiger partial charge in [-0.15, -0.1) is 0 Å². The van der Waals surface area contributed by atoms with E-state index in [1.165, 1.54) is 0 Å². The van der Waals surface area contributed by atoms with E-state index in [2.05, 4.69) is 0 Å². The highest BCUT2D eigenvalue weighted by Crippen LogP contribution is 2.57. The van der Waals surface area contributed by atoms with Crippen molar-refractivity contribution in [1.29, 1.82) is 0 Å². The molecule has 0 saturated carbocycles. The lowest BCUT2D eigenvalue weighted by molar-refractivity contribution is -0.0873. The summed E-state index contributed by atoms with van der Waals surface area (Å²) >= 11 is 0. The van der Waals surface area contributed by atoms with Crippen LogP contribution in [0.3, 0.4) is 0 Å². The van der Waals surface area contributed by atoms with Crippen LogP contribution in [-0.4, -0.2) is 31.0 Å². The lowest BCUT2D eigenvalue weighted by Crippen LogP contribution is -2.41. The Morgan fingerprint density at radius 2 is 2.00 bits per heavy atom. The number of phenols is 1. The number of ether oxygens (including phenoxy) is 4. The smallest absolute Gasteiger partial charge is 0.168 e. The Hall–Kier alpha value is -2.86. The number of aliphatic hydroxyl groups is 1. The van der Waals surface area contributed by atoms with Gasteiger partial charge in [-0.05, 0) is 32.4 Å². The highest BCUT2D eigenvalue weighted by atomic mass is 16.5. The van der Waals surface area contributed by atoms with E-state index in [1.807, 2.05) is 19.9 Å². The van der Waals surface area contributed by atoms with Crippen molar-refractivity contribution in [2.24, 2.45) is 0 Å². The van der Waals surface area contributed by atoms with Crippen molar-refractivity contribution in [3.8, 4) is 28.7 Å². The van der Waals surface area contributed by atoms with Gasteiger partial charge < -0.3 is 29.2 Å². The Labute approximate surface area is 163 Å². The second-order valence-electron chi connectivity index (χ2n) is 7.38. The summed E-state index contributed by atoms with van der Waals surface area (Å²) in [6.07, 6.45) is 1.80. The zero-order chi connectivity index (χ0) is 20.1. The van der Waals surface area contributed by atoms with Gasteiger partial charge in [0.15, 0.2) is 11.7 Å². The second-order valence-corrected chi connectivity index (χ2v) is 7.38. The van der Waals surface area contributed by atoms with Gasteiger partial charge in [0.1, 0.15) is 35.4 Å². The van der Waals surface area contributed by atoms with E-state index in [0.29, 0.717) is 46.1 Å². The minimum absolute atomic E-state index is 0.0138. The van der Waals surface area contributed by atoms with Gasteiger partial charge in [0, 0.05) is 23.3 Å². The van der Waals surface area contributed by atoms with Gasteiger partial charge >= 0.3 is 0 Å². The predicted molar refractivity (Wildman–Crippen MR) is 104 cm³/mol. The van der Waals surface area contributed by atoms with Gasteiger partial charge in [-0.1, -0.05) is 11.6 Å². The lowest BCUT2D eigenvalue weighted by atomic mass is 9.83. The SMILES string of the molecule is COc1ccc2c(c1)O[C@H]1c3c(cc(O)c(CC=C(C)C)c3OC)OC[C@@]21O. The first-order valence-electron chi connectivity index (χ1n) is 9.15. The molecule has 0 radical (unpaired) electrons. The molecule has 2 heterocycles. The summed E-state index contributed by atoms with van der Waals surface area (Å²) in [7, 11) is 3.12. The first-order valence-corrected chi connectivity index (χ1v) is 9.15. The fourth-order valence-corrected chi connectivity index (χ4v) is 3.87. The summed E-state index contributed by atoms with van der Waals surface area (Å²) in [5.41, 5.74) is 1.65. The van der Waals surface area contributed by atoms with Crippen molar-refractivity contribution in [2.75, 3.05) is 20.8 Å². The third kappa shape index (κ3) is 2.67. The van der Waals surface area contributed by atoms with Crippen LogP contribution in [0.15, 0.2) is 35.9 Å². The van der Waals surface area contributed by atoms with Crippen molar-refractivity contribution in [3.05, 3.63) is 52.6 Å². The molecule has 2 atom stereocenters. The van der Waals surface area contributed by atoms with Crippen LogP contribution < -0.4 is 18.9 Å². The molecule has 2 N–H and O–H groups in total. The highest BCUT2D eigenvalue weighted by molar-refractivity contribution is 5.62. The summed E-state index contributed by atoms with van der Waals surface area (Å²) in [6, 6.07) is 6.90. The van der Waals surface area contributed by atoms with Gasteiger partial charge in [0.05, 0.1) is 19.8 Å². The fourth-order valence-electron chi connectivity index (χ4n) is 3.87. The minimum Gasteiger partial charge on any atom is -0.507 e. The summed E-state index contributed by atoms with van der Waals surface area (Å²) in [5, 5.41) is 22.0. The topological polar surface area (TPSA) is 77.4 Å². The Kier molecular flexibility index (Phi) is 4.38. The molecule has 0 unspecified atom stereocenters. The molecular weight excluding hydrogens is 360 g/mol. The van der Waals surface area contributed by atoms with E-state index in [4.69, 9.17) is 18.9 Å². The van der Waals surface area contributed by atoms with Crippen molar-refractivity contribution in [3.63, 3.8) is 0 Å². The van der Waals surface area contributed by atoms with Gasteiger partial charge in [-0.25, -0.2) is 0 Å². The largest absolute Gasteiger partial charge is 0.507 e. The molecule has 0 fully saturated rings. The van der Waals surface area contributed by atoms with E-state index in [0.717, 1.165) is 5.57 Å². The molecule has 0 bridgehead atoms.